The number of nitrogens with zero attached hydrogens (tertiary/aromatic N) is 1. The Hall–Kier alpha value is -1.96. The van der Waals surface area contributed by atoms with E-state index < -0.39 is 18.1 Å². The summed E-state index contributed by atoms with van der Waals surface area (Å²) in [5.74, 6) is -0.0570. The number of carbonyl (C=O) groups is 3. The van der Waals surface area contributed by atoms with Crippen LogP contribution < -0.4 is 5.32 Å². The van der Waals surface area contributed by atoms with Crippen molar-refractivity contribution >= 4 is 29.5 Å². The van der Waals surface area contributed by atoms with Gasteiger partial charge >= 0.3 is 5.97 Å². The van der Waals surface area contributed by atoms with Crippen molar-refractivity contribution < 1.29 is 23.5 Å². The van der Waals surface area contributed by atoms with Crippen molar-refractivity contribution in [3.8, 4) is 0 Å². The van der Waals surface area contributed by atoms with Crippen molar-refractivity contribution in [3.05, 3.63) is 24.2 Å². The number of rotatable bonds is 5. The smallest absolute Gasteiger partial charge is 0.330 e. The summed E-state index contributed by atoms with van der Waals surface area (Å²) in [7, 11) is 0. The van der Waals surface area contributed by atoms with Gasteiger partial charge in [-0.15, -0.1) is 11.8 Å². The van der Waals surface area contributed by atoms with E-state index >= 15 is 0 Å². The highest BCUT2D eigenvalue weighted by atomic mass is 32.2. The molecule has 2 amide bonds. The first-order valence-corrected chi connectivity index (χ1v) is 9.97. The van der Waals surface area contributed by atoms with Crippen LogP contribution >= 0.6 is 11.8 Å². The topological polar surface area (TPSA) is 88.8 Å². The van der Waals surface area contributed by atoms with Gasteiger partial charge in [-0.2, -0.15) is 0 Å². The number of esters is 1. The maximum Gasteiger partial charge on any atom is 0.330 e. The number of carbonyl (C=O) groups excluding carboxylic acids is 3. The van der Waals surface area contributed by atoms with Crippen LogP contribution in [-0.2, 0) is 19.1 Å². The van der Waals surface area contributed by atoms with Gasteiger partial charge in [0.1, 0.15) is 17.2 Å². The molecule has 1 aliphatic carbocycles. The number of ether oxygens (including phenoxy) is 1. The van der Waals surface area contributed by atoms with Gasteiger partial charge in [0.05, 0.1) is 6.26 Å². The molecule has 2 heterocycles. The average molecular weight is 380 g/mol. The summed E-state index contributed by atoms with van der Waals surface area (Å²) in [5, 5.41) is 2.56. The first-order valence-electron chi connectivity index (χ1n) is 8.92. The van der Waals surface area contributed by atoms with Crippen LogP contribution in [0.5, 0.6) is 0 Å². The maximum absolute atomic E-state index is 12.6. The van der Waals surface area contributed by atoms with E-state index in [2.05, 4.69) is 5.32 Å². The van der Waals surface area contributed by atoms with E-state index in [9.17, 15) is 14.4 Å². The molecule has 1 aliphatic heterocycles. The summed E-state index contributed by atoms with van der Waals surface area (Å²) in [6, 6.07) is 2.96. The molecular weight excluding hydrogens is 356 g/mol. The molecule has 0 bridgehead atoms. The summed E-state index contributed by atoms with van der Waals surface area (Å²) in [4.78, 5) is 38.4. The first kappa shape index (κ1) is 18.8. The van der Waals surface area contributed by atoms with Crippen LogP contribution in [0.2, 0.25) is 0 Å². The third-order valence-electron chi connectivity index (χ3n) is 4.79. The lowest BCUT2D eigenvalue weighted by atomic mass is 10.2. The van der Waals surface area contributed by atoms with Crippen LogP contribution in [0.4, 0.5) is 0 Å². The molecule has 0 unspecified atom stereocenters. The van der Waals surface area contributed by atoms with Gasteiger partial charge in [0.2, 0.25) is 5.91 Å². The molecule has 0 spiro atoms. The van der Waals surface area contributed by atoms with E-state index in [1.54, 1.807) is 19.1 Å². The lowest BCUT2D eigenvalue weighted by Crippen LogP contribution is -2.46. The Kier molecular flexibility index (Phi) is 5.90. The maximum atomic E-state index is 12.6. The molecule has 1 N–H and O–H groups in total. The van der Waals surface area contributed by atoms with Crippen molar-refractivity contribution in [2.45, 2.75) is 63.1 Å². The Bertz CT molecular complexity index is 657. The van der Waals surface area contributed by atoms with Crippen molar-refractivity contribution in [3.63, 3.8) is 0 Å². The molecule has 3 rings (SSSR count). The van der Waals surface area contributed by atoms with Crippen LogP contribution in [0.25, 0.3) is 0 Å². The molecule has 26 heavy (non-hydrogen) atoms. The summed E-state index contributed by atoms with van der Waals surface area (Å²) in [5.41, 5.74) is 0. The van der Waals surface area contributed by atoms with Crippen molar-refractivity contribution in [1.29, 1.82) is 0 Å². The van der Waals surface area contributed by atoms with Crippen LogP contribution in [0, 0.1) is 0 Å². The second kappa shape index (κ2) is 8.16. The highest BCUT2D eigenvalue weighted by Gasteiger charge is 2.43. The minimum atomic E-state index is -0.885. The predicted octanol–water partition coefficient (Wildman–Crippen LogP) is 2.23. The van der Waals surface area contributed by atoms with Gasteiger partial charge in [-0.3, -0.25) is 9.59 Å². The monoisotopic (exact) mass is 380 g/mol. The fraction of sp³-hybridized carbons (Fsp3) is 0.611. The van der Waals surface area contributed by atoms with Gasteiger partial charge in [-0.1, -0.05) is 12.8 Å². The predicted molar refractivity (Wildman–Crippen MR) is 96.2 cm³/mol. The Balaban J connectivity index is 1.61. The van der Waals surface area contributed by atoms with E-state index in [-0.39, 0.29) is 23.2 Å². The van der Waals surface area contributed by atoms with Gasteiger partial charge in [-0.05, 0) is 31.9 Å². The fourth-order valence-electron chi connectivity index (χ4n) is 3.42. The van der Waals surface area contributed by atoms with Crippen molar-refractivity contribution in [1.82, 2.24) is 10.2 Å². The van der Waals surface area contributed by atoms with E-state index in [1.807, 2.05) is 0 Å². The zero-order valence-corrected chi connectivity index (χ0v) is 15.8. The molecule has 7 nitrogen and oxygen atoms in total. The molecule has 0 radical (unpaired) electrons. The molecule has 8 heteroatoms. The number of nitrogens with one attached hydrogen (secondary N) is 1. The van der Waals surface area contributed by atoms with Crippen LogP contribution in [-0.4, -0.2) is 46.6 Å². The molecule has 2 aliphatic rings. The minimum absolute atomic E-state index is 0.169. The Morgan fingerprint density at radius 3 is 2.69 bits per heavy atom. The third kappa shape index (κ3) is 4.06. The molecule has 1 aromatic rings. The van der Waals surface area contributed by atoms with Gasteiger partial charge in [-0.25, -0.2) is 4.79 Å². The number of hydrogen-bond donors (Lipinski definition) is 1. The van der Waals surface area contributed by atoms with Crippen LogP contribution in [0.1, 0.15) is 50.7 Å². The Labute approximate surface area is 156 Å². The molecule has 3 atom stereocenters. The van der Waals surface area contributed by atoms with Crippen molar-refractivity contribution in [2.24, 2.45) is 0 Å². The summed E-state index contributed by atoms with van der Waals surface area (Å²) < 4.78 is 10.8. The van der Waals surface area contributed by atoms with Crippen LogP contribution in [0.15, 0.2) is 22.8 Å². The van der Waals surface area contributed by atoms with Crippen molar-refractivity contribution in [2.75, 3.05) is 5.75 Å². The molecule has 0 aromatic carbocycles. The molecule has 1 aromatic heterocycles. The zero-order valence-electron chi connectivity index (χ0n) is 15.0. The Morgan fingerprint density at radius 1 is 1.35 bits per heavy atom. The quantitative estimate of drug-likeness (QED) is 0.788. The molecule has 1 saturated carbocycles. The summed E-state index contributed by atoms with van der Waals surface area (Å²) >= 11 is 1.44. The zero-order chi connectivity index (χ0) is 18.7. The van der Waals surface area contributed by atoms with E-state index in [4.69, 9.17) is 9.15 Å². The highest BCUT2D eigenvalue weighted by molar-refractivity contribution is 7.99. The van der Waals surface area contributed by atoms with Gasteiger partial charge in [0.15, 0.2) is 6.10 Å². The second-order valence-corrected chi connectivity index (χ2v) is 7.83. The largest absolute Gasteiger partial charge is 0.466 e. The van der Waals surface area contributed by atoms with Gasteiger partial charge < -0.3 is 19.4 Å². The Morgan fingerprint density at radius 2 is 2.08 bits per heavy atom. The van der Waals surface area contributed by atoms with Crippen LogP contribution in [0.3, 0.4) is 0 Å². The average Bonchev–Trinajstić information content (AvgIpc) is 3.34. The third-order valence-corrected chi connectivity index (χ3v) is 6.07. The first-order chi connectivity index (χ1) is 12.5. The SMILES string of the molecule is CC(=O)N1[C@@H](c2ccco2)SC[C@H]1C(=O)O[C@H](C)C(=O)NC1CCCC1. The molecule has 1 saturated heterocycles. The second-order valence-electron chi connectivity index (χ2n) is 6.71. The fourth-order valence-corrected chi connectivity index (χ4v) is 4.83. The molecule has 2 fully saturated rings. The van der Waals surface area contributed by atoms with Gasteiger partial charge in [0.25, 0.3) is 5.91 Å². The van der Waals surface area contributed by atoms with E-state index in [0.717, 1.165) is 25.7 Å². The lowest BCUT2D eigenvalue weighted by molar-refractivity contribution is -0.161. The standard InChI is InChI=1S/C18H24N2O5S/c1-11(16(22)19-13-6-3-4-7-13)25-18(23)14-10-26-17(20(14)12(2)21)15-8-5-9-24-15/h5,8-9,11,13-14,17H,3-4,6-7,10H2,1-2H3,(H,19,22)/t11-,14+,17-/m1/s1. The molecular formula is C18H24N2O5S. The summed E-state index contributed by atoms with van der Waals surface area (Å²) in [6.45, 7) is 2.98. The summed E-state index contributed by atoms with van der Waals surface area (Å²) in [6.07, 6.45) is 4.81. The normalized spacial score (nSPS) is 24.5. The molecule has 142 valence electrons. The highest BCUT2D eigenvalue weighted by Crippen LogP contribution is 2.41. The lowest BCUT2D eigenvalue weighted by Gasteiger charge is -2.27. The minimum Gasteiger partial charge on any atom is -0.466 e. The van der Waals surface area contributed by atoms with E-state index in [0.29, 0.717) is 11.5 Å². The number of amides is 2. The number of hydrogen-bond acceptors (Lipinski definition) is 6. The number of furan rings is 1. The van der Waals surface area contributed by atoms with Gasteiger partial charge in [0, 0.05) is 18.7 Å². The van der Waals surface area contributed by atoms with E-state index in [1.165, 1.54) is 29.8 Å². The number of thioether (sulfide) groups is 1.